The molecule has 3 fully saturated rings. The lowest BCUT2D eigenvalue weighted by Crippen LogP contribution is -2.57. The third-order valence-electron chi connectivity index (χ3n) is 5.62. The van der Waals surface area contributed by atoms with Gasteiger partial charge in [0, 0.05) is 45.6 Å². The zero-order chi connectivity index (χ0) is 15.5. The summed E-state index contributed by atoms with van der Waals surface area (Å²) in [6.45, 7) is 6.42. The van der Waals surface area contributed by atoms with Gasteiger partial charge in [-0.2, -0.15) is 0 Å². The Balaban J connectivity index is 1.44. The van der Waals surface area contributed by atoms with Crippen molar-refractivity contribution in [3.63, 3.8) is 0 Å². The summed E-state index contributed by atoms with van der Waals surface area (Å²) in [5, 5.41) is 3.66. The normalized spacial score (nSPS) is 31.4. The summed E-state index contributed by atoms with van der Waals surface area (Å²) in [6, 6.07) is 0.477. The van der Waals surface area contributed by atoms with Crippen LogP contribution in [0.15, 0.2) is 0 Å². The first-order valence-electron chi connectivity index (χ1n) is 8.90. The Morgan fingerprint density at radius 3 is 2.64 bits per heavy atom. The molecular formula is C17H29N3O2. The quantitative estimate of drug-likeness (QED) is 0.850. The van der Waals surface area contributed by atoms with Gasteiger partial charge in [0.05, 0.1) is 0 Å². The zero-order valence-corrected chi connectivity index (χ0v) is 13.7. The lowest BCUT2D eigenvalue weighted by Gasteiger charge is -2.45. The van der Waals surface area contributed by atoms with Crippen LogP contribution in [-0.2, 0) is 9.59 Å². The van der Waals surface area contributed by atoms with E-state index in [9.17, 15) is 9.59 Å². The zero-order valence-electron chi connectivity index (χ0n) is 13.7. The minimum atomic E-state index is 0.208. The van der Waals surface area contributed by atoms with Gasteiger partial charge in [-0.1, -0.05) is 0 Å². The molecule has 5 nitrogen and oxygen atoms in total. The SMILES string of the molecule is CC(=O)N1C[C@@H]2CN[C@H](CCCC(=O)N3CCCC3)[C@H](C2)C1. The Labute approximate surface area is 133 Å². The van der Waals surface area contributed by atoms with Gasteiger partial charge in [-0.05, 0) is 50.5 Å². The number of amides is 2. The smallest absolute Gasteiger partial charge is 0.222 e. The van der Waals surface area contributed by atoms with E-state index in [2.05, 4.69) is 5.32 Å². The number of hydrogen-bond acceptors (Lipinski definition) is 3. The first-order chi connectivity index (χ1) is 10.6. The van der Waals surface area contributed by atoms with Crippen LogP contribution in [0.2, 0.25) is 0 Å². The topological polar surface area (TPSA) is 52.7 Å². The molecule has 0 aromatic heterocycles. The maximum atomic E-state index is 12.1. The van der Waals surface area contributed by atoms with Crippen molar-refractivity contribution in [3.05, 3.63) is 0 Å². The van der Waals surface area contributed by atoms with E-state index in [0.717, 1.165) is 45.6 Å². The van der Waals surface area contributed by atoms with E-state index in [1.807, 2.05) is 9.80 Å². The molecule has 2 amide bonds. The lowest BCUT2D eigenvalue weighted by atomic mass is 9.79. The highest BCUT2D eigenvalue weighted by Gasteiger charge is 2.36. The molecule has 2 bridgehead atoms. The second kappa shape index (κ2) is 6.99. The third-order valence-corrected chi connectivity index (χ3v) is 5.62. The van der Waals surface area contributed by atoms with Crippen molar-refractivity contribution in [2.75, 3.05) is 32.7 Å². The van der Waals surface area contributed by atoms with Crippen LogP contribution in [-0.4, -0.2) is 60.4 Å². The molecule has 5 heteroatoms. The van der Waals surface area contributed by atoms with E-state index in [4.69, 9.17) is 0 Å². The summed E-state index contributed by atoms with van der Waals surface area (Å²) in [4.78, 5) is 27.8. The fraction of sp³-hybridized carbons (Fsp3) is 0.882. The van der Waals surface area contributed by atoms with Crippen LogP contribution < -0.4 is 5.32 Å². The molecule has 0 saturated carbocycles. The third kappa shape index (κ3) is 3.62. The van der Waals surface area contributed by atoms with Crippen LogP contribution in [0.5, 0.6) is 0 Å². The molecule has 22 heavy (non-hydrogen) atoms. The van der Waals surface area contributed by atoms with Crippen LogP contribution in [0.4, 0.5) is 0 Å². The Bertz CT molecular complexity index is 420. The Kier molecular flexibility index (Phi) is 5.01. The minimum absolute atomic E-state index is 0.208. The average Bonchev–Trinajstić information content (AvgIpc) is 3.03. The predicted octanol–water partition coefficient (Wildman–Crippen LogP) is 1.24. The highest BCUT2D eigenvalue weighted by Crippen LogP contribution is 2.30. The number of rotatable bonds is 4. The number of piperidine rings is 2. The first-order valence-corrected chi connectivity index (χ1v) is 8.90. The fourth-order valence-corrected chi connectivity index (χ4v) is 4.36. The molecule has 1 N–H and O–H groups in total. The van der Waals surface area contributed by atoms with Crippen LogP contribution in [0.25, 0.3) is 0 Å². The first kappa shape index (κ1) is 15.8. The lowest BCUT2D eigenvalue weighted by molar-refractivity contribution is -0.132. The Hall–Kier alpha value is -1.10. The number of nitrogens with zero attached hydrogens (tertiary/aromatic N) is 2. The van der Waals surface area contributed by atoms with Gasteiger partial charge < -0.3 is 15.1 Å². The molecular weight excluding hydrogens is 278 g/mol. The van der Waals surface area contributed by atoms with Gasteiger partial charge in [0.25, 0.3) is 0 Å². The molecule has 0 aliphatic carbocycles. The highest BCUT2D eigenvalue weighted by molar-refractivity contribution is 5.76. The van der Waals surface area contributed by atoms with Crippen molar-refractivity contribution in [3.8, 4) is 0 Å². The van der Waals surface area contributed by atoms with Crippen molar-refractivity contribution in [1.82, 2.24) is 15.1 Å². The molecule has 3 aliphatic rings. The predicted molar refractivity (Wildman–Crippen MR) is 85.3 cm³/mol. The molecule has 0 aromatic rings. The molecule has 0 aromatic carbocycles. The van der Waals surface area contributed by atoms with Gasteiger partial charge in [-0.3, -0.25) is 9.59 Å². The van der Waals surface area contributed by atoms with E-state index in [-0.39, 0.29) is 5.91 Å². The van der Waals surface area contributed by atoms with Gasteiger partial charge in [-0.25, -0.2) is 0 Å². The summed E-state index contributed by atoms with van der Waals surface area (Å²) in [7, 11) is 0. The van der Waals surface area contributed by atoms with Gasteiger partial charge in [0.2, 0.25) is 11.8 Å². The summed E-state index contributed by atoms with van der Waals surface area (Å²) in [5.41, 5.74) is 0. The van der Waals surface area contributed by atoms with Gasteiger partial charge in [-0.15, -0.1) is 0 Å². The maximum Gasteiger partial charge on any atom is 0.222 e. The monoisotopic (exact) mass is 307 g/mol. The number of likely N-dealkylation sites (tertiary alicyclic amines) is 2. The number of carbonyl (C=O) groups excluding carboxylic acids is 2. The summed E-state index contributed by atoms with van der Waals surface area (Å²) in [6.07, 6.45) is 6.28. The van der Waals surface area contributed by atoms with E-state index in [0.29, 0.717) is 30.2 Å². The minimum Gasteiger partial charge on any atom is -0.343 e. The Morgan fingerprint density at radius 1 is 1.14 bits per heavy atom. The number of hydrogen-bond donors (Lipinski definition) is 1. The molecule has 124 valence electrons. The Morgan fingerprint density at radius 2 is 1.91 bits per heavy atom. The highest BCUT2D eigenvalue weighted by atomic mass is 16.2. The van der Waals surface area contributed by atoms with Crippen LogP contribution >= 0.6 is 0 Å². The molecule has 3 rings (SSSR count). The molecule has 3 atom stereocenters. The van der Waals surface area contributed by atoms with Crippen LogP contribution in [0.1, 0.15) is 45.4 Å². The molecule has 3 aliphatic heterocycles. The second-order valence-electron chi connectivity index (χ2n) is 7.28. The van der Waals surface area contributed by atoms with E-state index in [1.165, 1.54) is 19.3 Å². The standard InChI is InChI=1S/C17H29N3O2/c1-13(21)20-11-14-9-15(12-20)16(18-10-14)5-4-6-17(22)19-7-2-3-8-19/h14-16,18H,2-12H2,1H3/t14-,15+,16+/m0/s1. The molecule has 0 spiro atoms. The summed E-state index contributed by atoms with van der Waals surface area (Å²) in [5.74, 6) is 1.73. The average molecular weight is 307 g/mol. The summed E-state index contributed by atoms with van der Waals surface area (Å²) >= 11 is 0. The second-order valence-corrected chi connectivity index (χ2v) is 7.28. The number of fused-ring (bicyclic) bond motifs is 2. The molecule has 3 saturated heterocycles. The van der Waals surface area contributed by atoms with Crippen molar-refractivity contribution in [2.24, 2.45) is 11.8 Å². The fourth-order valence-electron chi connectivity index (χ4n) is 4.36. The van der Waals surface area contributed by atoms with Crippen molar-refractivity contribution >= 4 is 11.8 Å². The maximum absolute atomic E-state index is 12.1. The van der Waals surface area contributed by atoms with Crippen molar-refractivity contribution < 1.29 is 9.59 Å². The van der Waals surface area contributed by atoms with Gasteiger partial charge in [0.1, 0.15) is 0 Å². The van der Waals surface area contributed by atoms with Crippen molar-refractivity contribution in [1.29, 1.82) is 0 Å². The van der Waals surface area contributed by atoms with E-state index >= 15 is 0 Å². The van der Waals surface area contributed by atoms with Gasteiger partial charge >= 0.3 is 0 Å². The number of carbonyl (C=O) groups is 2. The van der Waals surface area contributed by atoms with Crippen molar-refractivity contribution in [2.45, 2.75) is 51.5 Å². The van der Waals surface area contributed by atoms with E-state index in [1.54, 1.807) is 6.92 Å². The largest absolute Gasteiger partial charge is 0.343 e. The van der Waals surface area contributed by atoms with Crippen LogP contribution in [0.3, 0.4) is 0 Å². The molecule has 3 heterocycles. The van der Waals surface area contributed by atoms with Crippen LogP contribution in [0, 0.1) is 11.8 Å². The molecule has 0 radical (unpaired) electrons. The number of nitrogens with one attached hydrogen (secondary N) is 1. The van der Waals surface area contributed by atoms with Gasteiger partial charge in [0.15, 0.2) is 0 Å². The van der Waals surface area contributed by atoms with E-state index < -0.39 is 0 Å². The molecule has 0 unspecified atom stereocenters. The summed E-state index contributed by atoms with van der Waals surface area (Å²) < 4.78 is 0.